The number of carbonyl (C=O) groups is 5. The maximum Gasteiger partial charge on any atom is 0.269 e. The smallest absolute Gasteiger partial charge is 0.269 e. The second-order valence-corrected chi connectivity index (χ2v) is 12.3. The summed E-state index contributed by atoms with van der Waals surface area (Å²) >= 11 is 0. The Morgan fingerprint density at radius 3 is 2.13 bits per heavy atom. The average Bonchev–Trinajstić information content (AvgIpc) is 3.50. The number of primary amides is 1. The molecule has 0 saturated carbocycles. The highest BCUT2D eigenvalue weighted by Gasteiger charge is 2.37. The summed E-state index contributed by atoms with van der Waals surface area (Å²) in [5.41, 5.74) is 12.1. The second-order valence-electron chi connectivity index (χ2n) is 10.8. The number of nitrogens with zero attached hydrogens (tertiary/aromatic N) is 2. The molecule has 2 aromatic carbocycles. The first-order chi connectivity index (χ1) is 22.0. The Kier molecular flexibility index (Phi) is 12.3. The van der Waals surface area contributed by atoms with E-state index >= 15 is 0 Å². The van der Waals surface area contributed by atoms with Crippen molar-refractivity contribution in [2.45, 2.75) is 49.9 Å². The lowest BCUT2D eigenvalue weighted by molar-refractivity contribution is -0.384. The summed E-state index contributed by atoms with van der Waals surface area (Å²) in [7, 11) is -4.81. The zero-order chi connectivity index (χ0) is 34.9. The number of nitro benzene ring substituents is 1. The Balaban J connectivity index is 1.69. The van der Waals surface area contributed by atoms with Gasteiger partial charge in [-0.3, -0.25) is 38.6 Å². The molecule has 1 fully saturated rings. The van der Waals surface area contributed by atoms with Crippen molar-refractivity contribution in [1.82, 2.24) is 20.9 Å². The Morgan fingerprint density at radius 1 is 0.957 bits per heavy atom. The Bertz CT molecular complexity index is 1600. The molecule has 0 aliphatic carbocycles. The summed E-state index contributed by atoms with van der Waals surface area (Å²) in [5, 5.41) is 27.2. The van der Waals surface area contributed by atoms with Crippen LogP contribution in [0.3, 0.4) is 0 Å². The van der Waals surface area contributed by atoms with Crippen molar-refractivity contribution in [3.63, 3.8) is 0 Å². The highest BCUT2D eigenvalue weighted by atomic mass is 32.2. The van der Waals surface area contributed by atoms with Crippen LogP contribution >= 0.6 is 0 Å². The van der Waals surface area contributed by atoms with Crippen LogP contribution in [-0.4, -0.2) is 100 Å². The van der Waals surface area contributed by atoms with E-state index in [-0.39, 0.29) is 30.8 Å². The first-order valence-corrected chi connectivity index (χ1v) is 15.8. The quantitative estimate of drug-likeness (QED) is 0.0604. The minimum Gasteiger partial charge on any atom is -0.508 e. The topological polar surface area (TPSA) is 294 Å². The lowest BCUT2D eigenvalue weighted by Crippen LogP contribution is -2.57. The summed E-state index contributed by atoms with van der Waals surface area (Å²) in [4.78, 5) is 75.4. The molecule has 1 aliphatic rings. The number of amides is 5. The van der Waals surface area contributed by atoms with E-state index in [0.29, 0.717) is 24.0 Å². The van der Waals surface area contributed by atoms with Crippen LogP contribution in [0.25, 0.3) is 0 Å². The molecule has 9 N–H and O–H groups in total. The molecule has 47 heavy (non-hydrogen) atoms. The van der Waals surface area contributed by atoms with Crippen molar-refractivity contribution in [2.75, 3.05) is 18.8 Å². The molecule has 0 spiro atoms. The number of phenols is 1. The molecule has 0 radical (unpaired) electrons. The normalized spacial score (nSPS) is 16.4. The van der Waals surface area contributed by atoms with Crippen molar-refractivity contribution >= 4 is 45.3 Å². The maximum absolute atomic E-state index is 13.5. The van der Waals surface area contributed by atoms with Crippen LogP contribution in [0.4, 0.5) is 5.69 Å². The predicted octanol–water partition coefficient (Wildman–Crippen LogP) is -2.14. The molecule has 3 rings (SSSR count). The van der Waals surface area contributed by atoms with Crippen molar-refractivity contribution in [3.05, 3.63) is 69.8 Å². The fourth-order valence-corrected chi connectivity index (χ4v) is 5.56. The Labute approximate surface area is 268 Å². The van der Waals surface area contributed by atoms with Crippen LogP contribution in [0.5, 0.6) is 5.75 Å². The lowest BCUT2D eigenvalue weighted by Gasteiger charge is -2.28. The fourth-order valence-electron chi connectivity index (χ4n) is 4.90. The largest absolute Gasteiger partial charge is 0.508 e. The molecule has 5 amide bonds. The van der Waals surface area contributed by atoms with Gasteiger partial charge in [-0.1, -0.05) is 24.3 Å². The molecule has 0 bridgehead atoms. The van der Waals surface area contributed by atoms with Gasteiger partial charge in [-0.05, 0) is 42.5 Å². The maximum atomic E-state index is 13.5. The van der Waals surface area contributed by atoms with Gasteiger partial charge >= 0.3 is 0 Å². The number of aromatic hydroxyl groups is 1. The molecule has 0 unspecified atom stereocenters. The van der Waals surface area contributed by atoms with Gasteiger partial charge in [0, 0.05) is 25.1 Å². The van der Waals surface area contributed by atoms with Crippen molar-refractivity contribution in [3.8, 4) is 5.75 Å². The van der Waals surface area contributed by atoms with Crippen LogP contribution in [0, 0.1) is 10.1 Å². The van der Waals surface area contributed by atoms with Gasteiger partial charge in [0.05, 0.1) is 17.5 Å². The van der Waals surface area contributed by atoms with E-state index in [1.54, 1.807) is 0 Å². The van der Waals surface area contributed by atoms with Crippen LogP contribution in [0.1, 0.15) is 24.0 Å². The SMILES string of the molecule is NC(=O)[C@@H]1CCCN1C(=O)[C@H](Cc1ccc([N+](=O)[O-])cc1)NC(=O)CNC(=O)[C@H](CS(=O)(=O)O)NC(=O)[C@@H](N)Cc1ccc(O)cc1. The third-order valence-corrected chi connectivity index (χ3v) is 8.00. The van der Waals surface area contributed by atoms with Gasteiger partial charge in [-0.15, -0.1) is 0 Å². The highest BCUT2D eigenvalue weighted by Crippen LogP contribution is 2.20. The number of benzene rings is 2. The molecule has 1 saturated heterocycles. The second kappa shape index (κ2) is 15.9. The van der Waals surface area contributed by atoms with Crippen LogP contribution in [-0.2, 0) is 46.9 Å². The first kappa shape index (κ1) is 36.3. The monoisotopic (exact) mass is 677 g/mol. The van der Waals surface area contributed by atoms with E-state index in [0.717, 1.165) is 0 Å². The van der Waals surface area contributed by atoms with Crippen molar-refractivity contribution in [1.29, 1.82) is 0 Å². The minimum atomic E-state index is -4.81. The van der Waals surface area contributed by atoms with E-state index in [4.69, 9.17) is 11.5 Å². The van der Waals surface area contributed by atoms with E-state index in [1.807, 2.05) is 0 Å². The average molecular weight is 678 g/mol. The number of nitrogens with two attached hydrogens (primary N) is 2. The number of hydrogen-bond donors (Lipinski definition) is 7. The van der Waals surface area contributed by atoms with Gasteiger partial charge in [0.15, 0.2) is 0 Å². The third kappa shape index (κ3) is 11.0. The number of carbonyl (C=O) groups excluding carboxylic acids is 5. The summed E-state index contributed by atoms with van der Waals surface area (Å²) in [6.07, 6.45) is 0.591. The molecule has 19 heteroatoms. The highest BCUT2D eigenvalue weighted by molar-refractivity contribution is 7.85. The zero-order valence-corrected chi connectivity index (χ0v) is 25.7. The molecule has 254 valence electrons. The predicted molar refractivity (Wildman–Crippen MR) is 164 cm³/mol. The minimum absolute atomic E-state index is 0.0198. The van der Waals surface area contributed by atoms with Crippen molar-refractivity contribution < 1.29 is 47.0 Å². The molecular weight excluding hydrogens is 642 g/mol. The summed E-state index contributed by atoms with van der Waals surface area (Å²) < 4.78 is 32.5. The molecule has 1 aliphatic heterocycles. The number of likely N-dealkylation sites (tertiary alicyclic amines) is 1. The molecule has 0 aromatic heterocycles. The van der Waals surface area contributed by atoms with Gasteiger partial charge in [-0.25, -0.2) is 0 Å². The number of nitro groups is 1. The lowest BCUT2D eigenvalue weighted by atomic mass is 10.0. The van der Waals surface area contributed by atoms with E-state index < -0.39 is 81.0 Å². The van der Waals surface area contributed by atoms with E-state index in [9.17, 15) is 52.2 Å². The van der Waals surface area contributed by atoms with Gasteiger partial charge in [0.25, 0.3) is 15.8 Å². The Morgan fingerprint density at radius 2 is 1.55 bits per heavy atom. The zero-order valence-electron chi connectivity index (χ0n) is 24.9. The van der Waals surface area contributed by atoms with E-state index in [1.165, 1.54) is 53.4 Å². The number of rotatable bonds is 15. The Hall–Kier alpha value is -5.14. The van der Waals surface area contributed by atoms with Gasteiger partial charge in [0.2, 0.25) is 29.5 Å². The molecule has 4 atom stereocenters. The number of nitrogens with one attached hydrogen (secondary N) is 3. The van der Waals surface area contributed by atoms with Crippen LogP contribution in [0.2, 0.25) is 0 Å². The standard InChI is InChI=1S/C28H35N7O11S/c29-20(12-16-5-9-19(36)10-6-16)26(39)33-22(15-47(44,45)46)27(40)31-14-24(37)32-21(13-17-3-7-18(8-4-17)35(42)43)28(41)34-11-1-2-23(34)25(30)38/h3-10,20-23,36H,1-2,11-15,29H2,(H2,30,38)(H,31,40)(H,32,37)(H,33,39)(H,44,45,46)/t20-,21-,22-,23-/m0/s1. The number of hydrogen-bond acceptors (Lipinski definition) is 11. The van der Waals surface area contributed by atoms with Gasteiger partial charge in [-0.2, -0.15) is 8.42 Å². The first-order valence-electron chi connectivity index (χ1n) is 14.2. The van der Waals surface area contributed by atoms with Gasteiger partial charge < -0.3 is 37.4 Å². The summed E-state index contributed by atoms with van der Waals surface area (Å²) in [5.74, 6) is -5.71. The van der Waals surface area contributed by atoms with Crippen molar-refractivity contribution in [2.24, 2.45) is 11.5 Å². The fraction of sp³-hybridized carbons (Fsp3) is 0.393. The van der Waals surface area contributed by atoms with E-state index in [2.05, 4.69) is 16.0 Å². The van der Waals surface area contributed by atoms with Gasteiger partial charge in [0.1, 0.15) is 29.6 Å². The third-order valence-electron chi connectivity index (χ3n) is 7.25. The molecule has 1 heterocycles. The molecular formula is C28H35N7O11S. The number of phenolic OH excluding ortho intramolecular Hbond substituents is 1. The van der Waals surface area contributed by atoms with Crippen LogP contribution < -0.4 is 27.4 Å². The summed E-state index contributed by atoms with van der Waals surface area (Å²) in [6, 6.07) is 5.58. The summed E-state index contributed by atoms with van der Waals surface area (Å²) in [6.45, 7) is -0.624. The molecule has 18 nitrogen and oxygen atoms in total. The van der Waals surface area contributed by atoms with Crippen LogP contribution in [0.15, 0.2) is 48.5 Å². The number of non-ortho nitro benzene ring substituents is 1. The molecule has 2 aromatic rings.